The molecule has 3 rings (SSSR count). The van der Waals surface area contributed by atoms with Gasteiger partial charge >= 0.3 is 0 Å². The summed E-state index contributed by atoms with van der Waals surface area (Å²) < 4.78 is 13.8. The maximum atomic E-state index is 13.8. The van der Waals surface area contributed by atoms with Gasteiger partial charge in [0.1, 0.15) is 0 Å². The molecule has 1 aromatic carbocycles. The average molecular weight is 390 g/mol. The van der Waals surface area contributed by atoms with Gasteiger partial charge < -0.3 is 16.0 Å². The Bertz CT molecular complexity index is 937. The van der Waals surface area contributed by atoms with E-state index in [1.165, 1.54) is 18.3 Å². The van der Waals surface area contributed by atoms with Crippen LogP contribution in [0.4, 0.5) is 15.8 Å². The third kappa shape index (κ3) is 4.50. The lowest BCUT2D eigenvalue weighted by Crippen LogP contribution is -2.21. The van der Waals surface area contributed by atoms with Crippen LogP contribution in [0.15, 0.2) is 48.8 Å². The summed E-state index contributed by atoms with van der Waals surface area (Å²) in [5, 5.41) is 3.60. The first-order valence-electron chi connectivity index (χ1n) is 8.32. The van der Waals surface area contributed by atoms with E-state index < -0.39 is 11.7 Å². The first-order chi connectivity index (χ1) is 12.6. The third-order valence-electron chi connectivity index (χ3n) is 4.08. The molecule has 0 saturated heterocycles. The van der Waals surface area contributed by atoms with Crippen LogP contribution in [0.1, 0.15) is 16.9 Å². The molecule has 0 aliphatic rings. The van der Waals surface area contributed by atoms with Gasteiger partial charge in [-0.05, 0) is 37.2 Å². The minimum atomic E-state index is -0.666. The highest BCUT2D eigenvalue weighted by molar-refractivity contribution is 6.09. The third-order valence-corrected chi connectivity index (χ3v) is 4.08. The molecular weight excluding hydrogens is 369 g/mol. The summed E-state index contributed by atoms with van der Waals surface area (Å²) in [5.41, 5.74) is 7.47. The standard InChI is InChI=1S/C19H20FN5O.ClH/c1-25(12-4-9-21)16-8-11-23-17-13(16)5-2-7-15(17)24-19(26)18-14(20)6-3-10-22-18;/h2-3,5-8,10-11H,4,9,12,21H2,1H3,(H,24,26);1H. The summed E-state index contributed by atoms with van der Waals surface area (Å²) in [6.07, 6.45) is 3.94. The first-order valence-corrected chi connectivity index (χ1v) is 8.32. The van der Waals surface area contributed by atoms with E-state index in [4.69, 9.17) is 5.73 Å². The molecule has 0 atom stereocenters. The second-order valence-corrected chi connectivity index (χ2v) is 5.88. The Morgan fingerprint density at radius 1 is 1.19 bits per heavy atom. The summed E-state index contributed by atoms with van der Waals surface area (Å²) in [6.45, 7) is 1.43. The number of aromatic nitrogens is 2. The van der Waals surface area contributed by atoms with E-state index in [0.717, 1.165) is 24.0 Å². The number of nitrogens with two attached hydrogens (primary N) is 1. The number of benzene rings is 1. The molecule has 8 heteroatoms. The van der Waals surface area contributed by atoms with E-state index in [-0.39, 0.29) is 18.1 Å². The van der Waals surface area contributed by atoms with Crippen molar-refractivity contribution >= 4 is 40.6 Å². The number of nitrogens with zero attached hydrogens (tertiary/aromatic N) is 3. The minimum absolute atomic E-state index is 0. The van der Waals surface area contributed by atoms with Gasteiger partial charge in [0.05, 0.1) is 11.2 Å². The van der Waals surface area contributed by atoms with Crippen LogP contribution in [-0.4, -0.2) is 36.0 Å². The van der Waals surface area contributed by atoms with Crippen molar-refractivity contribution in [2.24, 2.45) is 5.73 Å². The number of nitrogens with one attached hydrogen (secondary N) is 1. The van der Waals surface area contributed by atoms with Crippen molar-refractivity contribution in [3.05, 3.63) is 60.3 Å². The van der Waals surface area contributed by atoms with Gasteiger partial charge in [-0.1, -0.05) is 12.1 Å². The van der Waals surface area contributed by atoms with Crippen molar-refractivity contribution in [3.63, 3.8) is 0 Å². The van der Waals surface area contributed by atoms with Crippen LogP contribution in [0, 0.1) is 5.82 Å². The van der Waals surface area contributed by atoms with E-state index in [2.05, 4.69) is 20.2 Å². The molecule has 3 N–H and O–H groups in total. The zero-order chi connectivity index (χ0) is 18.5. The lowest BCUT2D eigenvalue weighted by atomic mass is 10.1. The van der Waals surface area contributed by atoms with E-state index in [0.29, 0.717) is 17.7 Å². The lowest BCUT2D eigenvalue weighted by Gasteiger charge is -2.21. The predicted molar refractivity (Wildman–Crippen MR) is 108 cm³/mol. The van der Waals surface area contributed by atoms with Crippen molar-refractivity contribution < 1.29 is 9.18 Å². The number of para-hydroxylation sites is 1. The minimum Gasteiger partial charge on any atom is -0.374 e. The number of carbonyl (C=O) groups excluding carboxylic acids is 1. The van der Waals surface area contributed by atoms with Gasteiger partial charge in [-0.2, -0.15) is 0 Å². The van der Waals surface area contributed by atoms with Gasteiger partial charge in [-0.15, -0.1) is 12.4 Å². The van der Waals surface area contributed by atoms with E-state index in [9.17, 15) is 9.18 Å². The maximum absolute atomic E-state index is 13.8. The Balaban J connectivity index is 0.00000261. The number of halogens is 2. The van der Waals surface area contributed by atoms with Gasteiger partial charge in [-0.25, -0.2) is 9.37 Å². The lowest BCUT2D eigenvalue weighted by molar-refractivity contribution is 0.101. The zero-order valence-electron chi connectivity index (χ0n) is 14.9. The number of amides is 1. The molecule has 0 aliphatic carbocycles. The number of pyridine rings is 2. The van der Waals surface area contributed by atoms with E-state index in [1.807, 2.05) is 25.2 Å². The van der Waals surface area contributed by atoms with Gasteiger partial charge in [0, 0.05) is 37.1 Å². The van der Waals surface area contributed by atoms with Crippen molar-refractivity contribution in [2.45, 2.75) is 6.42 Å². The molecule has 2 heterocycles. The van der Waals surface area contributed by atoms with E-state index >= 15 is 0 Å². The summed E-state index contributed by atoms with van der Waals surface area (Å²) in [5.74, 6) is -1.28. The van der Waals surface area contributed by atoms with Crippen molar-refractivity contribution in [2.75, 3.05) is 30.4 Å². The first kappa shape index (κ1) is 20.5. The molecule has 0 saturated carbocycles. The van der Waals surface area contributed by atoms with Gasteiger partial charge in [-0.3, -0.25) is 9.78 Å². The number of fused-ring (bicyclic) bond motifs is 1. The fourth-order valence-electron chi connectivity index (χ4n) is 2.78. The quantitative estimate of drug-likeness (QED) is 0.676. The highest BCUT2D eigenvalue weighted by Crippen LogP contribution is 2.29. The fourth-order valence-corrected chi connectivity index (χ4v) is 2.78. The molecule has 0 fully saturated rings. The molecule has 0 spiro atoms. The second kappa shape index (κ2) is 9.25. The average Bonchev–Trinajstić information content (AvgIpc) is 2.66. The molecule has 0 radical (unpaired) electrons. The van der Waals surface area contributed by atoms with Crippen molar-refractivity contribution in [1.29, 1.82) is 0 Å². The molecule has 1 amide bonds. The molecule has 6 nitrogen and oxygen atoms in total. The fraction of sp³-hybridized carbons (Fsp3) is 0.211. The van der Waals surface area contributed by atoms with Crippen LogP contribution < -0.4 is 16.0 Å². The van der Waals surface area contributed by atoms with E-state index in [1.54, 1.807) is 12.3 Å². The Kier molecular flexibility index (Phi) is 7.04. The van der Waals surface area contributed by atoms with Gasteiger partial charge in [0.2, 0.25) is 0 Å². The molecule has 0 bridgehead atoms. The molecule has 0 unspecified atom stereocenters. The monoisotopic (exact) mass is 389 g/mol. The second-order valence-electron chi connectivity index (χ2n) is 5.88. The summed E-state index contributed by atoms with van der Waals surface area (Å²) >= 11 is 0. The van der Waals surface area contributed by atoms with Crippen LogP contribution in [-0.2, 0) is 0 Å². The Labute approximate surface area is 163 Å². The number of hydrogen-bond acceptors (Lipinski definition) is 5. The number of hydrogen-bond donors (Lipinski definition) is 2. The Morgan fingerprint density at radius 3 is 2.74 bits per heavy atom. The molecule has 27 heavy (non-hydrogen) atoms. The SMILES string of the molecule is CN(CCCN)c1ccnc2c(NC(=O)c3ncccc3F)cccc12.Cl. The summed E-state index contributed by atoms with van der Waals surface area (Å²) in [7, 11) is 1.99. The number of anilines is 2. The smallest absolute Gasteiger partial charge is 0.277 e. The molecular formula is C19H21ClFN5O. The highest BCUT2D eigenvalue weighted by Gasteiger charge is 2.15. The normalized spacial score (nSPS) is 10.3. The number of rotatable bonds is 6. The van der Waals surface area contributed by atoms with Crippen LogP contribution >= 0.6 is 12.4 Å². The maximum Gasteiger partial charge on any atom is 0.277 e. The van der Waals surface area contributed by atoms with Crippen molar-refractivity contribution in [1.82, 2.24) is 9.97 Å². The molecule has 2 aromatic heterocycles. The summed E-state index contributed by atoms with van der Waals surface area (Å²) in [6, 6.07) is 10.1. The van der Waals surface area contributed by atoms with Gasteiger partial charge in [0.25, 0.3) is 5.91 Å². The van der Waals surface area contributed by atoms with Crippen molar-refractivity contribution in [3.8, 4) is 0 Å². The van der Waals surface area contributed by atoms with Crippen LogP contribution in [0.25, 0.3) is 10.9 Å². The Hall–Kier alpha value is -2.77. The predicted octanol–water partition coefficient (Wildman–Crippen LogP) is 3.23. The zero-order valence-corrected chi connectivity index (χ0v) is 15.7. The summed E-state index contributed by atoms with van der Waals surface area (Å²) in [4.78, 5) is 22.7. The highest BCUT2D eigenvalue weighted by atomic mass is 35.5. The van der Waals surface area contributed by atoms with Crippen LogP contribution in [0.2, 0.25) is 0 Å². The topological polar surface area (TPSA) is 84.1 Å². The Morgan fingerprint density at radius 2 is 2.00 bits per heavy atom. The van der Waals surface area contributed by atoms with Crippen LogP contribution in [0.5, 0.6) is 0 Å². The largest absolute Gasteiger partial charge is 0.374 e. The van der Waals surface area contributed by atoms with Crippen LogP contribution in [0.3, 0.4) is 0 Å². The molecule has 142 valence electrons. The van der Waals surface area contributed by atoms with Gasteiger partial charge in [0.15, 0.2) is 11.5 Å². The number of carbonyl (C=O) groups is 1. The molecule has 0 aliphatic heterocycles. The molecule has 3 aromatic rings.